The van der Waals surface area contributed by atoms with Crippen LogP contribution in [0.3, 0.4) is 0 Å². The van der Waals surface area contributed by atoms with E-state index in [1.165, 1.54) is 11.8 Å². The molecule has 6 nitrogen and oxygen atoms in total. The Morgan fingerprint density at radius 2 is 1.36 bits per heavy atom. The highest BCUT2D eigenvalue weighted by molar-refractivity contribution is 8.00. The van der Waals surface area contributed by atoms with Crippen molar-refractivity contribution in [3.8, 4) is 0 Å². The van der Waals surface area contributed by atoms with E-state index in [2.05, 4.69) is 16.0 Å². The van der Waals surface area contributed by atoms with Crippen molar-refractivity contribution in [3.63, 3.8) is 0 Å². The zero-order valence-electron chi connectivity index (χ0n) is 24.4. The van der Waals surface area contributed by atoms with Crippen LogP contribution in [0.2, 0.25) is 5.02 Å². The van der Waals surface area contributed by atoms with Crippen LogP contribution in [-0.2, 0) is 9.59 Å². The SMILES string of the molecule is Cc1ccc(Cl)cc1NC(=O)C(Sc1ccc(NC(=O)/C(=C/c2ccccc2)NC(=O)c2ccccc2)cc1)c1ccccc1. The van der Waals surface area contributed by atoms with Gasteiger partial charge in [-0.3, -0.25) is 14.4 Å². The summed E-state index contributed by atoms with van der Waals surface area (Å²) in [4.78, 5) is 40.6. The molecule has 3 N–H and O–H groups in total. The molecule has 5 aromatic carbocycles. The van der Waals surface area contributed by atoms with Crippen molar-refractivity contribution in [2.75, 3.05) is 10.6 Å². The van der Waals surface area contributed by atoms with E-state index in [0.717, 1.165) is 21.6 Å². The molecule has 3 amide bonds. The van der Waals surface area contributed by atoms with E-state index in [1.54, 1.807) is 54.6 Å². The van der Waals surface area contributed by atoms with E-state index < -0.39 is 17.1 Å². The molecule has 224 valence electrons. The Labute approximate surface area is 271 Å². The zero-order valence-corrected chi connectivity index (χ0v) is 25.9. The Hall–Kier alpha value is -5.11. The fourth-order valence-corrected chi connectivity index (χ4v) is 5.63. The Bertz CT molecular complexity index is 1810. The fraction of sp³-hybridized carbons (Fsp3) is 0.0541. The van der Waals surface area contributed by atoms with E-state index >= 15 is 0 Å². The van der Waals surface area contributed by atoms with Gasteiger partial charge in [-0.2, -0.15) is 0 Å². The summed E-state index contributed by atoms with van der Waals surface area (Å²) < 4.78 is 0. The molecule has 0 aliphatic carbocycles. The lowest BCUT2D eigenvalue weighted by atomic mass is 10.1. The summed E-state index contributed by atoms with van der Waals surface area (Å²) in [6.45, 7) is 1.91. The number of amides is 3. The number of carbonyl (C=O) groups excluding carboxylic acids is 3. The van der Waals surface area contributed by atoms with Gasteiger partial charge in [-0.05, 0) is 78.2 Å². The van der Waals surface area contributed by atoms with Gasteiger partial charge in [0.2, 0.25) is 5.91 Å². The number of hydrogen-bond acceptors (Lipinski definition) is 4. The maximum Gasteiger partial charge on any atom is 0.272 e. The van der Waals surface area contributed by atoms with E-state index in [9.17, 15) is 14.4 Å². The second-order valence-electron chi connectivity index (χ2n) is 10.1. The molecule has 0 spiro atoms. The monoisotopic (exact) mass is 631 g/mol. The molecule has 0 aromatic heterocycles. The van der Waals surface area contributed by atoms with Crippen LogP contribution in [0.4, 0.5) is 11.4 Å². The zero-order chi connectivity index (χ0) is 31.6. The number of nitrogens with one attached hydrogen (secondary N) is 3. The highest BCUT2D eigenvalue weighted by atomic mass is 35.5. The molecular formula is C37H30ClN3O3S. The molecule has 0 saturated carbocycles. The van der Waals surface area contributed by atoms with Crippen LogP contribution in [0.25, 0.3) is 6.08 Å². The third kappa shape index (κ3) is 8.72. The first kappa shape index (κ1) is 31.3. The second kappa shape index (κ2) is 15.1. The first-order valence-corrected chi connectivity index (χ1v) is 15.4. The van der Waals surface area contributed by atoms with Crippen molar-refractivity contribution >= 4 is 58.5 Å². The largest absolute Gasteiger partial charge is 0.325 e. The molecule has 8 heteroatoms. The van der Waals surface area contributed by atoms with Gasteiger partial charge in [0.05, 0.1) is 0 Å². The predicted octanol–water partition coefficient (Wildman–Crippen LogP) is 8.53. The standard InChI is InChI=1S/C37H30ClN3O3S/c1-25-17-18-29(38)24-32(25)40-37(44)34(27-13-7-3-8-14-27)45-31-21-19-30(20-22-31)39-36(43)33(23-26-11-5-2-6-12-26)41-35(42)28-15-9-4-10-16-28/h2-24,34H,1H3,(H,39,43)(H,40,44)(H,41,42)/b33-23-. The van der Waals surface area contributed by atoms with E-state index in [4.69, 9.17) is 11.6 Å². The van der Waals surface area contributed by atoms with E-state index in [0.29, 0.717) is 22.0 Å². The summed E-state index contributed by atoms with van der Waals surface area (Å²) in [5.41, 5.74) is 4.25. The number of thioether (sulfide) groups is 1. The summed E-state index contributed by atoms with van der Waals surface area (Å²) in [5.74, 6) is -1.04. The molecule has 0 bridgehead atoms. The molecule has 5 rings (SSSR count). The minimum Gasteiger partial charge on any atom is -0.325 e. The maximum atomic E-state index is 13.5. The summed E-state index contributed by atoms with van der Waals surface area (Å²) in [5, 5.41) is 8.65. The fourth-order valence-electron chi connectivity index (χ4n) is 4.44. The lowest BCUT2D eigenvalue weighted by molar-refractivity contribution is -0.116. The van der Waals surface area contributed by atoms with Crippen molar-refractivity contribution in [2.24, 2.45) is 0 Å². The van der Waals surface area contributed by atoms with E-state index in [-0.39, 0.29) is 11.6 Å². The van der Waals surface area contributed by atoms with Gasteiger partial charge < -0.3 is 16.0 Å². The summed E-state index contributed by atoms with van der Waals surface area (Å²) in [7, 11) is 0. The Kier molecular flexibility index (Phi) is 10.5. The van der Waals surface area contributed by atoms with Gasteiger partial charge >= 0.3 is 0 Å². The average molecular weight is 632 g/mol. The topological polar surface area (TPSA) is 87.3 Å². The molecule has 1 atom stereocenters. The minimum atomic E-state index is -0.543. The quantitative estimate of drug-likeness (QED) is 0.106. The minimum absolute atomic E-state index is 0.102. The van der Waals surface area contributed by atoms with Gasteiger partial charge in [-0.1, -0.05) is 96.5 Å². The molecule has 1 unspecified atom stereocenters. The van der Waals surface area contributed by atoms with Gasteiger partial charge in [0.25, 0.3) is 11.8 Å². The molecular weight excluding hydrogens is 602 g/mol. The van der Waals surface area contributed by atoms with E-state index in [1.807, 2.05) is 91.9 Å². The second-order valence-corrected chi connectivity index (χ2v) is 11.7. The summed E-state index contributed by atoms with van der Waals surface area (Å²) >= 11 is 7.57. The summed E-state index contributed by atoms with van der Waals surface area (Å²) in [6.07, 6.45) is 1.63. The molecule has 0 fully saturated rings. The van der Waals surface area contributed by atoms with Gasteiger partial charge in [0, 0.05) is 26.9 Å². The van der Waals surface area contributed by atoms with Crippen LogP contribution < -0.4 is 16.0 Å². The molecule has 5 aromatic rings. The molecule has 45 heavy (non-hydrogen) atoms. The highest BCUT2D eigenvalue weighted by Crippen LogP contribution is 2.37. The lowest BCUT2D eigenvalue weighted by Crippen LogP contribution is -2.30. The van der Waals surface area contributed by atoms with Crippen molar-refractivity contribution in [1.29, 1.82) is 0 Å². The third-order valence-corrected chi connectivity index (χ3v) is 8.30. The number of hydrogen-bond donors (Lipinski definition) is 3. The van der Waals surface area contributed by atoms with Gasteiger partial charge in [-0.15, -0.1) is 11.8 Å². The molecule has 0 aliphatic heterocycles. The van der Waals surface area contributed by atoms with Crippen molar-refractivity contribution < 1.29 is 14.4 Å². The Balaban J connectivity index is 1.32. The molecule has 0 aliphatic rings. The first-order valence-electron chi connectivity index (χ1n) is 14.2. The van der Waals surface area contributed by atoms with Crippen LogP contribution in [0.15, 0.2) is 144 Å². The number of aryl methyl sites for hydroxylation is 1. The first-order chi connectivity index (χ1) is 21.9. The number of halogens is 1. The summed E-state index contributed by atoms with van der Waals surface area (Å²) in [6, 6.07) is 40.1. The molecule has 0 saturated heterocycles. The number of carbonyl (C=O) groups is 3. The Morgan fingerprint density at radius 3 is 2.02 bits per heavy atom. The number of benzene rings is 5. The van der Waals surface area contributed by atoms with Crippen LogP contribution >= 0.6 is 23.4 Å². The van der Waals surface area contributed by atoms with Crippen LogP contribution in [0, 0.1) is 6.92 Å². The molecule has 0 radical (unpaired) electrons. The van der Waals surface area contributed by atoms with Crippen molar-refractivity contribution in [3.05, 3.63) is 166 Å². The lowest BCUT2D eigenvalue weighted by Gasteiger charge is -2.18. The van der Waals surface area contributed by atoms with Crippen LogP contribution in [-0.4, -0.2) is 17.7 Å². The maximum absolute atomic E-state index is 13.5. The highest BCUT2D eigenvalue weighted by Gasteiger charge is 2.23. The third-order valence-electron chi connectivity index (χ3n) is 6.80. The van der Waals surface area contributed by atoms with Crippen LogP contribution in [0.5, 0.6) is 0 Å². The van der Waals surface area contributed by atoms with Gasteiger partial charge in [0.1, 0.15) is 10.9 Å². The normalized spacial score (nSPS) is 11.7. The average Bonchev–Trinajstić information content (AvgIpc) is 3.07. The molecule has 0 heterocycles. The van der Waals surface area contributed by atoms with Crippen LogP contribution in [0.1, 0.15) is 32.3 Å². The Morgan fingerprint density at radius 1 is 0.733 bits per heavy atom. The van der Waals surface area contributed by atoms with Crippen molar-refractivity contribution in [1.82, 2.24) is 5.32 Å². The number of anilines is 2. The van der Waals surface area contributed by atoms with Gasteiger partial charge in [-0.25, -0.2) is 0 Å². The van der Waals surface area contributed by atoms with Crippen molar-refractivity contribution in [2.45, 2.75) is 17.1 Å². The predicted molar refractivity (Wildman–Crippen MR) is 183 cm³/mol. The smallest absolute Gasteiger partial charge is 0.272 e. The van der Waals surface area contributed by atoms with Gasteiger partial charge in [0.15, 0.2) is 0 Å². The number of rotatable bonds is 10.